The zero-order chi connectivity index (χ0) is 17.4. The number of rotatable bonds is 4. The van der Waals surface area contributed by atoms with E-state index in [4.69, 9.17) is 16.0 Å². The first-order chi connectivity index (χ1) is 10.6. The fourth-order valence-corrected chi connectivity index (χ4v) is 3.44. The highest BCUT2D eigenvalue weighted by Crippen LogP contribution is 2.37. The van der Waals surface area contributed by atoms with Crippen molar-refractivity contribution in [2.75, 3.05) is 19.9 Å². The van der Waals surface area contributed by atoms with E-state index < -0.39 is 27.4 Å². The SMILES string of the molecule is [C-]#[N+]c1ccc(OC2C(=O)N(S(C)(=O)=O)CC2(C)C)cc1OC. The molecular weight excluding hydrogens is 320 g/mol. The molecule has 0 aliphatic carbocycles. The molecule has 0 aromatic heterocycles. The van der Waals surface area contributed by atoms with Crippen molar-refractivity contribution in [3.63, 3.8) is 0 Å². The van der Waals surface area contributed by atoms with Crippen LogP contribution in [0.3, 0.4) is 0 Å². The number of methoxy groups -OCH3 is 1. The molecule has 1 fully saturated rings. The van der Waals surface area contributed by atoms with Gasteiger partial charge >= 0.3 is 0 Å². The summed E-state index contributed by atoms with van der Waals surface area (Å²) in [5, 5.41) is 0. The lowest BCUT2D eigenvalue weighted by atomic mass is 9.89. The number of benzene rings is 1. The first-order valence-corrected chi connectivity index (χ1v) is 8.68. The molecule has 1 atom stereocenters. The summed E-state index contributed by atoms with van der Waals surface area (Å²) in [6.45, 7) is 10.7. The summed E-state index contributed by atoms with van der Waals surface area (Å²) in [5.41, 5.74) is -0.346. The van der Waals surface area contributed by atoms with Crippen molar-refractivity contribution in [2.24, 2.45) is 5.41 Å². The molecule has 0 spiro atoms. The summed E-state index contributed by atoms with van der Waals surface area (Å²) < 4.78 is 35.1. The molecule has 124 valence electrons. The largest absolute Gasteiger partial charge is 0.508 e. The molecule has 0 saturated carbocycles. The summed E-state index contributed by atoms with van der Waals surface area (Å²) in [6.07, 6.45) is 0.0671. The molecule has 7 nitrogen and oxygen atoms in total. The molecular formula is C15H18N2O5S. The Balaban J connectivity index is 2.33. The number of hydrogen-bond acceptors (Lipinski definition) is 5. The van der Waals surface area contributed by atoms with Crippen molar-refractivity contribution in [3.8, 4) is 11.5 Å². The van der Waals surface area contributed by atoms with Gasteiger partial charge in [-0.05, 0) is 12.1 Å². The predicted molar refractivity (Wildman–Crippen MR) is 84.0 cm³/mol. The molecule has 1 aliphatic rings. The molecule has 1 aromatic rings. The van der Waals surface area contributed by atoms with E-state index in [0.29, 0.717) is 17.2 Å². The number of amides is 1. The first kappa shape index (κ1) is 17.1. The molecule has 0 radical (unpaired) electrons. The number of hydrogen-bond donors (Lipinski definition) is 0. The smallest absolute Gasteiger partial charge is 0.277 e. The van der Waals surface area contributed by atoms with Gasteiger partial charge in [0.1, 0.15) is 11.5 Å². The molecule has 1 aromatic carbocycles. The van der Waals surface area contributed by atoms with Crippen LogP contribution in [0.5, 0.6) is 11.5 Å². The van der Waals surface area contributed by atoms with E-state index >= 15 is 0 Å². The number of sulfonamides is 1. The van der Waals surface area contributed by atoms with Gasteiger partial charge in [-0.2, -0.15) is 0 Å². The Morgan fingerprint density at radius 2 is 2.04 bits per heavy atom. The molecule has 1 amide bonds. The van der Waals surface area contributed by atoms with Gasteiger partial charge in [0.25, 0.3) is 5.91 Å². The molecule has 1 heterocycles. The fraction of sp³-hybridized carbons (Fsp3) is 0.467. The van der Waals surface area contributed by atoms with E-state index in [1.165, 1.54) is 19.2 Å². The second-order valence-corrected chi connectivity index (χ2v) is 7.95. The Kier molecular flexibility index (Phi) is 4.26. The molecule has 1 unspecified atom stereocenters. The third-order valence-corrected chi connectivity index (χ3v) is 4.77. The van der Waals surface area contributed by atoms with Crippen molar-refractivity contribution < 1.29 is 22.7 Å². The van der Waals surface area contributed by atoms with Gasteiger partial charge < -0.3 is 9.47 Å². The molecule has 0 N–H and O–H groups in total. The van der Waals surface area contributed by atoms with Crippen LogP contribution in [0.1, 0.15) is 13.8 Å². The highest BCUT2D eigenvalue weighted by molar-refractivity contribution is 7.88. The van der Waals surface area contributed by atoms with E-state index in [9.17, 15) is 13.2 Å². The van der Waals surface area contributed by atoms with Crippen LogP contribution in [-0.2, 0) is 14.8 Å². The maximum Gasteiger partial charge on any atom is 0.277 e. The van der Waals surface area contributed by atoms with E-state index in [1.807, 2.05) is 0 Å². The highest BCUT2D eigenvalue weighted by atomic mass is 32.2. The number of carbonyl (C=O) groups excluding carboxylic acids is 1. The second kappa shape index (κ2) is 5.74. The topological polar surface area (TPSA) is 77.3 Å². The maximum atomic E-state index is 12.4. The van der Waals surface area contributed by atoms with Crippen LogP contribution >= 0.6 is 0 Å². The van der Waals surface area contributed by atoms with Crippen LogP contribution in [-0.4, -0.2) is 44.6 Å². The fourth-order valence-electron chi connectivity index (χ4n) is 2.45. The van der Waals surface area contributed by atoms with Gasteiger partial charge in [0, 0.05) is 18.0 Å². The van der Waals surface area contributed by atoms with Gasteiger partial charge in [-0.15, -0.1) is 0 Å². The van der Waals surface area contributed by atoms with Gasteiger partial charge in [0.2, 0.25) is 15.7 Å². The van der Waals surface area contributed by atoms with Crippen LogP contribution < -0.4 is 9.47 Å². The normalized spacial score (nSPS) is 20.2. The summed E-state index contributed by atoms with van der Waals surface area (Å²) >= 11 is 0. The number of nitrogens with zero attached hydrogens (tertiary/aromatic N) is 2. The summed E-state index contributed by atoms with van der Waals surface area (Å²) in [6, 6.07) is 4.60. The minimum atomic E-state index is -3.63. The standard InChI is InChI=1S/C15H18N2O5S/c1-15(2)9-17(23(5,19)20)14(18)13(15)22-10-6-7-11(16-3)12(8-10)21-4/h6-8,13H,9H2,1-2,4-5H3. The Morgan fingerprint density at radius 1 is 1.39 bits per heavy atom. The highest BCUT2D eigenvalue weighted by Gasteiger charge is 2.51. The summed E-state index contributed by atoms with van der Waals surface area (Å²) in [7, 11) is -2.20. The van der Waals surface area contributed by atoms with Gasteiger partial charge in [0.15, 0.2) is 6.10 Å². The van der Waals surface area contributed by atoms with Gasteiger partial charge in [-0.25, -0.2) is 17.6 Å². The minimum Gasteiger partial charge on any atom is -0.508 e. The molecule has 0 bridgehead atoms. The van der Waals surface area contributed by atoms with Crippen molar-refractivity contribution in [3.05, 3.63) is 29.6 Å². The lowest BCUT2D eigenvalue weighted by Gasteiger charge is -2.24. The monoisotopic (exact) mass is 338 g/mol. The number of ether oxygens (including phenoxy) is 2. The summed E-state index contributed by atoms with van der Waals surface area (Å²) in [5.74, 6) is 0.0856. The average Bonchev–Trinajstić information content (AvgIpc) is 2.70. The van der Waals surface area contributed by atoms with Gasteiger partial charge in [-0.1, -0.05) is 13.8 Å². The van der Waals surface area contributed by atoms with Crippen molar-refractivity contribution >= 4 is 21.6 Å². The number of carbonyl (C=O) groups is 1. The minimum absolute atomic E-state index is 0.0621. The average molecular weight is 338 g/mol. The Morgan fingerprint density at radius 3 is 2.52 bits per heavy atom. The molecule has 8 heteroatoms. The van der Waals surface area contributed by atoms with E-state index in [-0.39, 0.29) is 6.54 Å². The third kappa shape index (κ3) is 3.24. The quantitative estimate of drug-likeness (QED) is 0.783. The van der Waals surface area contributed by atoms with Crippen LogP contribution in [0, 0.1) is 12.0 Å². The van der Waals surface area contributed by atoms with Crippen LogP contribution in [0.15, 0.2) is 18.2 Å². The van der Waals surface area contributed by atoms with Crippen molar-refractivity contribution in [1.29, 1.82) is 0 Å². The zero-order valence-corrected chi connectivity index (χ0v) is 14.2. The van der Waals surface area contributed by atoms with Gasteiger partial charge in [0.05, 0.1) is 19.9 Å². The lowest BCUT2D eigenvalue weighted by Crippen LogP contribution is -2.37. The van der Waals surface area contributed by atoms with Crippen molar-refractivity contribution in [1.82, 2.24) is 4.31 Å². The maximum absolute atomic E-state index is 12.4. The van der Waals surface area contributed by atoms with Gasteiger partial charge in [-0.3, -0.25) is 4.79 Å². The molecule has 2 rings (SSSR count). The molecule has 1 aliphatic heterocycles. The Labute approximate surface area is 135 Å². The second-order valence-electron chi connectivity index (χ2n) is 6.04. The zero-order valence-electron chi connectivity index (χ0n) is 13.4. The van der Waals surface area contributed by atoms with E-state index in [1.54, 1.807) is 19.9 Å². The Bertz CT molecular complexity index is 780. The summed E-state index contributed by atoms with van der Waals surface area (Å²) in [4.78, 5) is 15.7. The van der Waals surface area contributed by atoms with Crippen molar-refractivity contribution in [2.45, 2.75) is 20.0 Å². The molecule has 1 saturated heterocycles. The van der Waals surface area contributed by atoms with Crippen LogP contribution in [0.2, 0.25) is 0 Å². The van der Waals surface area contributed by atoms with Crippen LogP contribution in [0.25, 0.3) is 4.85 Å². The third-order valence-electron chi connectivity index (χ3n) is 3.66. The van der Waals surface area contributed by atoms with E-state index in [0.717, 1.165) is 10.6 Å². The Hall–Kier alpha value is -2.27. The van der Waals surface area contributed by atoms with Crippen LogP contribution in [0.4, 0.5) is 5.69 Å². The first-order valence-electron chi connectivity index (χ1n) is 6.84. The van der Waals surface area contributed by atoms with E-state index in [2.05, 4.69) is 4.85 Å². The lowest BCUT2D eigenvalue weighted by molar-refractivity contribution is -0.130. The predicted octanol–water partition coefficient (Wildman–Crippen LogP) is 1.82. The molecule has 23 heavy (non-hydrogen) atoms.